The molecule has 62 heavy (non-hydrogen) atoms. The van der Waals surface area contributed by atoms with Crippen molar-refractivity contribution < 1.29 is 4.74 Å². The lowest BCUT2D eigenvalue weighted by Gasteiger charge is -2.29. The van der Waals surface area contributed by atoms with Gasteiger partial charge in [0.2, 0.25) is 0 Å². The van der Waals surface area contributed by atoms with E-state index in [1.54, 1.807) is 0 Å². The summed E-state index contributed by atoms with van der Waals surface area (Å²) in [7, 11) is 0. The minimum absolute atomic E-state index is 0.0237. The molecule has 0 aliphatic carbocycles. The van der Waals surface area contributed by atoms with Crippen LogP contribution in [0.1, 0.15) is 95.7 Å². The number of anilines is 4. The summed E-state index contributed by atoms with van der Waals surface area (Å²) in [5.74, 6) is 2.44. The van der Waals surface area contributed by atoms with Gasteiger partial charge in [0.05, 0.1) is 22.4 Å². The van der Waals surface area contributed by atoms with Crippen LogP contribution >= 0.6 is 0 Å². The summed E-state index contributed by atoms with van der Waals surface area (Å²) in [4.78, 5) is 10.0. The van der Waals surface area contributed by atoms with Crippen LogP contribution in [0.15, 0.2) is 134 Å². The van der Waals surface area contributed by atoms with Crippen molar-refractivity contribution in [1.29, 1.82) is 0 Å². The van der Waals surface area contributed by atoms with Crippen LogP contribution in [-0.4, -0.2) is 16.2 Å². The number of nitrogens with zero attached hydrogens (tertiary/aromatic N) is 4. The summed E-state index contributed by atoms with van der Waals surface area (Å²) >= 11 is 0. The zero-order chi connectivity index (χ0) is 43.9. The first-order valence-electron chi connectivity index (χ1n) is 22.1. The van der Waals surface area contributed by atoms with Crippen LogP contribution in [0.3, 0.4) is 0 Å². The van der Waals surface area contributed by atoms with Crippen molar-refractivity contribution in [1.82, 2.24) is 9.55 Å². The first-order valence-corrected chi connectivity index (χ1v) is 22.1. The van der Waals surface area contributed by atoms with Crippen LogP contribution < -0.4 is 14.5 Å². The molecule has 314 valence electrons. The summed E-state index contributed by atoms with van der Waals surface area (Å²) in [6, 6.07) is 46.3. The molecular formula is C57H60N4O. The maximum Gasteiger partial charge on any atom is 0.137 e. The molecule has 5 heteroatoms. The van der Waals surface area contributed by atoms with Gasteiger partial charge >= 0.3 is 0 Å². The summed E-state index contributed by atoms with van der Waals surface area (Å²) in [6.07, 6.45) is 2.06. The summed E-state index contributed by atoms with van der Waals surface area (Å²) in [5, 5.41) is 2.34. The molecule has 0 unspecified atom stereocenters. The molecule has 0 saturated carbocycles. The highest BCUT2D eigenvalue weighted by Gasteiger charge is 2.30. The van der Waals surface area contributed by atoms with E-state index < -0.39 is 0 Å². The van der Waals surface area contributed by atoms with Crippen LogP contribution in [-0.2, 0) is 16.2 Å². The van der Waals surface area contributed by atoms with Gasteiger partial charge in [0, 0.05) is 46.0 Å². The lowest BCUT2D eigenvalue weighted by atomic mass is 9.80. The van der Waals surface area contributed by atoms with Crippen molar-refractivity contribution in [2.75, 3.05) is 16.5 Å². The molecule has 0 saturated heterocycles. The molecule has 2 aromatic heterocycles. The number of hydrogen-bond donors (Lipinski definition) is 0. The second-order valence-corrected chi connectivity index (χ2v) is 20.5. The first kappa shape index (κ1) is 41.0. The molecule has 5 nitrogen and oxygen atoms in total. The highest BCUT2D eigenvalue weighted by atomic mass is 16.5. The third-order valence-electron chi connectivity index (χ3n) is 12.7. The van der Waals surface area contributed by atoms with Crippen molar-refractivity contribution in [2.24, 2.45) is 0 Å². The summed E-state index contributed by atoms with van der Waals surface area (Å²) < 4.78 is 9.05. The zero-order valence-corrected chi connectivity index (χ0v) is 38.6. The van der Waals surface area contributed by atoms with E-state index in [9.17, 15) is 0 Å². The Hall–Kier alpha value is -6.33. The second-order valence-electron chi connectivity index (χ2n) is 20.5. The number of aromatic nitrogens is 2. The zero-order valence-electron chi connectivity index (χ0n) is 38.6. The highest BCUT2D eigenvalue weighted by molar-refractivity contribution is 6.09. The van der Waals surface area contributed by atoms with Gasteiger partial charge < -0.3 is 14.5 Å². The molecule has 6 aromatic carbocycles. The van der Waals surface area contributed by atoms with E-state index in [-0.39, 0.29) is 16.2 Å². The minimum Gasteiger partial charge on any atom is -0.457 e. The average Bonchev–Trinajstić information content (AvgIpc) is 3.76. The Morgan fingerprint density at radius 2 is 1.05 bits per heavy atom. The monoisotopic (exact) mass is 816 g/mol. The standard InChI is InChI=1S/C57H60N4O/c1-36-28-53(58-34-48(36)54-37(2)26-39(27-38(54)3)55(4,5)6)61-49-21-14-13-20-46(49)47-25-24-45(33-52(47)61)62-44-19-17-18-42(32-44)59-35-60(51-23-16-15-22-50(51)59)43-30-40(56(7,8)9)29-41(31-43)57(10,11)12/h13-34H,35H2,1-12H3. The molecule has 1 aliphatic rings. The fourth-order valence-electron chi connectivity index (χ4n) is 9.15. The van der Waals surface area contributed by atoms with E-state index in [2.05, 4.69) is 225 Å². The fraction of sp³-hybridized carbons (Fsp3) is 0.281. The largest absolute Gasteiger partial charge is 0.457 e. The highest BCUT2D eigenvalue weighted by Crippen LogP contribution is 2.47. The Morgan fingerprint density at radius 1 is 0.484 bits per heavy atom. The van der Waals surface area contributed by atoms with Gasteiger partial charge in [0.1, 0.15) is 24.0 Å². The number of benzene rings is 6. The van der Waals surface area contributed by atoms with Crippen molar-refractivity contribution >= 4 is 44.6 Å². The SMILES string of the molecule is Cc1cc(-n2c3ccccc3c3ccc(Oc4cccc(N5CN(c6cc(C(C)(C)C)cc(C(C)(C)C)c6)c6ccccc65)c4)cc32)ncc1-c1c(C)cc(C(C)(C)C)cc1C. The fourth-order valence-corrected chi connectivity index (χ4v) is 9.15. The molecule has 8 aromatic rings. The average molecular weight is 817 g/mol. The van der Waals surface area contributed by atoms with Crippen molar-refractivity contribution in [3.8, 4) is 28.4 Å². The van der Waals surface area contributed by atoms with Crippen LogP contribution in [0, 0.1) is 20.8 Å². The molecular weight excluding hydrogens is 757 g/mol. The number of para-hydroxylation sites is 3. The number of hydrogen-bond acceptors (Lipinski definition) is 4. The van der Waals surface area contributed by atoms with E-state index >= 15 is 0 Å². The predicted molar refractivity (Wildman–Crippen MR) is 263 cm³/mol. The molecule has 0 amide bonds. The Morgan fingerprint density at radius 3 is 1.68 bits per heavy atom. The molecule has 1 aliphatic heterocycles. The maximum absolute atomic E-state index is 6.77. The first-order chi connectivity index (χ1) is 29.3. The van der Waals surface area contributed by atoms with E-state index in [0.717, 1.165) is 39.4 Å². The minimum atomic E-state index is 0.0237. The molecule has 9 rings (SSSR count). The van der Waals surface area contributed by atoms with Crippen molar-refractivity contribution in [3.63, 3.8) is 0 Å². The molecule has 0 fully saturated rings. The lowest BCUT2D eigenvalue weighted by Crippen LogP contribution is -2.25. The van der Waals surface area contributed by atoms with Gasteiger partial charge in [-0.15, -0.1) is 0 Å². The number of ether oxygens (including phenoxy) is 1. The maximum atomic E-state index is 6.77. The van der Waals surface area contributed by atoms with Gasteiger partial charge in [-0.2, -0.15) is 0 Å². The molecule has 0 atom stereocenters. The summed E-state index contributed by atoms with van der Waals surface area (Å²) in [5.41, 5.74) is 17.2. The number of aryl methyl sites for hydroxylation is 3. The molecule has 3 heterocycles. The third kappa shape index (κ3) is 7.42. The van der Waals surface area contributed by atoms with Crippen LogP contribution in [0.25, 0.3) is 38.8 Å². The number of fused-ring (bicyclic) bond motifs is 4. The number of rotatable bonds is 6. The second kappa shape index (κ2) is 14.9. The molecule has 0 radical (unpaired) electrons. The van der Waals surface area contributed by atoms with Crippen molar-refractivity contribution in [2.45, 2.75) is 99.3 Å². The van der Waals surface area contributed by atoms with E-state index in [0.29, 0.717) is 6.67 Å². The van der Waals surface area contributed by atoms with Gasteiger partial charge in [-0.3, -0.25) is 4.57 Å². The molecule has 0 N–H and O–H groups in total. The molecule has 0 bridgehead atoms. The van der Waals surface area contributed by atoms with Gasteiger partial charge in [-0.1, -0.05) is 117 Å². The Labute approximate surface area is 368 Å². The van der Waals surface area contributed by atoms with Crippen LogP contribution in [0.4, 0.5) is 22.7 Å². The van der Waals surface area contributed by atoms with Crippen molar-refractivity contribution in [3.05, 3.63) is 167 Å². The quantitative estimate of drug-likeness (QED) is 0.167. The van der Waals surface area contributed by atoms with E-state index in [4.69, 9.17) is 9.72 Å². The van der Waals surface area contributed by atoms with Gasteiger partial charge in [-0.25, -0.2) is 4.98 Å². The lowest BCUT2D eigenvalue weighted by molar-refractivity contribution is 0.483. The van der Waals surface area contributed by atoms with Gasteiger partial charge in [0.25, 0.3) is 0 Å². The summed E-state index contributed by atoms with van der Waals surface area (Å²) in [6.45, 7) is 28.0. The van der Waals surface area contributed by atoms with Gasteiger partial charge in [0.15, 0.2) is 0 Å². The Kier molecular flexibility index (Phi) is 9.89. The smallest absolute Gasteiger partial charge is 0.137 e. The Bertz CT molecular complexity index is 2970. The molecule has 0 spiro atoms. The van der Waals surface area contributed by atoms with Gasteiger partial charge in [-0.05, 0) is 137 Å². The topological polar surface area (TPSA) is 33.5 Å². The number of pyridine rings is 1. The van der Waals surface area contributed by atoms with E-state index in [1.165, 1.54) is 67.0 Å². The normalized spacial score (nSPS) is 13.4. The Balaban J connectivity index is 1.06. The van der Waals surface area contributed by atoms with Crippen LogP contribution in [0.2, 0.25) is 0 Å². The third-order valence-corrected chi connectivity index (χ3v) is 12.7. The van der Waals surface area contributed by atoms with Crippen LogP contribution in [0.5, 0.6) is 11.5 Å². The predicted octanol–water partition coefficient (Wildman–Crippen LogP) is 15.7. The van der Waals surface area contributed by atoms with E-state index in [1.807, 2.05) is 6.07 Å².